The maximum Gasteiger partial charge on any atom is 0.232 e. The number of benzene rings is 3. The number of methoxy groups -OCH3 is 1. The molecule has 4 aromatic rings. The normalized spacial score (nSPS) is 15.3. The largest absolute Gasteiger partial charge is 0.493 e. The summed E-state index contributed by atoms with van der Waals surface area (Å²) in [6.45, 7) is 7.91. The summed E-state index contributed by atoms with van der Waals surface area (Å²) in [5, 5.41) is 0.649. The average Bonchev–Trinajstić information content (AvgIpc) is 3.00. The minimum absolute atomic E-state index is 0.0204. The highest BCUT2D eigenvalue weighted by atomic mass is 35.5. The van der Waals surface area contributed by atoms with Crippen molar-refractivity contribution in [3.63, 3.8) is 0 Å². The zero-order valence-electron chi connectivity index (χ0n) is 24.0. The minimum Gasteiger partial charge on any atom is -0.493 e. The lowest BCUT2D eigenvalue weighted by Crippen LogP contribution is -2.41. The summed E-state index contributed by atoms with van der Waals surface area (Å²) in [6.07, 6.45) is 4.80. The Morgan fingerprint density at radius 3 is 2.34 bits per heavy atom. The second kappa shape index (κ2) is 12.6. The molecule has 1 aliphatic rings. The molecule has 2 heterocycles. The van der Waals surface area contributed by atoms with Crippen LogP contribution in [0.4, 0.5) is 11.4 Å². The van der Waals surface area contributed by atoms with Crippen molar-refractivity contribution in [3.05, 3.63) is 112 Å². The van der Waals surface area contributed by atoms with Gasteiger partial charge in [-0.3, -0.25) is 9.78 Å². The molecule has 1 aliphatic heterocycles. The van der Waals surface area contributed by atoms with Crippen LogP contribution in [0.5, 0.6) is 11.5 Å². The summed E-state index contributed by atoms with van der Waals surface area (Å²) in [5.74, 6) is 1.34. The van der Waals surface area contributed by atoms with E-state index in [9.17, 15) is 4.79 Å². The van der Waals surface area contributed by atoms with Crippen LogP contribution in [0.25, 0.3) is 0 Å². The van der Waals surface area contributed by atoms with Crippen molar-refractivity contribution in [2.24, 2.45) is 0 Å². The Kier molecular flexibility index (Phi) is 8.79. The molecule has 7 heteroatoms. The van der Waals surface area contributed by atoms with Crippen molar-refractivity contribution in [1.82, 2.24) is 4.98 Å². The summed E-state index contributed by atoms with van der Waals surface area (Å²) in [5.41, 5.74) is 6.05. The van der Waals surface area contributed by atoms with Crippen molar-refractivity contribution in [2.45, 2.75) is 52.3 Å². The molecule has 1 amide bonds. The topological polar surface area (TPSA) is 54.9 Å². The van der Waals surface area contributed by atoms with E-state index < -0.39 is 0 Å². The van der Waals surface area contributed by atoms with Crippen molar-refractivity contribution >= 4 is 28.9 Å². The predicted molar refractivity (Wildman–Crippen MR) is 165 cm³/mol. The number of nitrogens with zero attached hydrogens (tertiary/aromatic N) is 3. The fourth-order valence-corrected chi connectivity index (χ4v) is 5.42. The second-order valence-corrected chi connectivity index (χ2v) is 10.8. The third-order valence-corrected chi connectivity index (χ3v) is 7.93. The first kappa shape index (κ1) is 28.5. The maximum atomic E-state index is 13.8. The van der Waals surface area contributed by atoms with E-state index in [-0.39, 0.29) is 24.5 Å². The standard InChI is InChI=1S/C34H36ClN3O3/c1-5-23(3)41-32-21-30-26(19-31(32)40-4)20-33(39)38(34(30)25-7-9-27(35)10-8-25)29-13-11-28(12-14-29)37(6-2)22-24-15-17-36-18-16-24/h7-19,21,23,34H,5-6,20,22H2,1-4H3/t23-,34?/m1/s1. The van der Waals surface area contributed by atoms with Crippen LogP contribution in [-0.2, 0) is 17.8 Å². The summed E-state index contributed by atoms with van der Waals surface area (Å²) in [4.78, 5) is 22.2. The van der Waals surface area contributed by atoms with Gasteiger partial charge in [-0.25, -0.2) is 0 Å². The average molecular weight is 570 g/mol. The van der Waals surface area contributed by atoms with Gasteiger partial charge in [-0.15, -0.1) is 0 Å². The van der Waals surface area contributed by atoms with Gasteiger partial charge in [-0.05, 0) is 103 Å². The van der Waals surface area contributed by atoms with Crippen LogP contribution in [0.1, 0.15) is 55.5 Å². The molecule has 0 spiro atoms. The van der Waals surface area contributed by atoms with Crippen molar-refractivity contribution in [1.29, 1.82) is 0 Å². The first-order chi connectivity index (χ1) is 19.9. The monoisotopic (exact) mass is 569 g/mol. The third-order valence-electron chi connectivity index (χ3n) is 7.67. The predicted octanol–water partition coefficient (Wildman–Crippen LogP) is 7.63. The molecule has 0 fully saturated rings. The second-order valence-electron chi connectivity index (χ2n) is 10.3. The van der Waals surface area contributed by atoms with E-state index >= 15 is 0 Å². The number of rotatable bonds is 10. The van der Waals surface area contributed by atoms with Crippen LogP contribution in [0.2, 0.25) is 5.02 Å². The maximum absolute atomic E-state index is 13.8. The number of carbonyl (C=O) groups is 1. The van der Waals surface area contributed by atoms with Gasteiger partial charge >= 0.3 is 0 Å². The van der Waals surface area contributed by atoms with Gasteiger partial charge in [-0.1, -0.05) is 30.7 Å². The first-order valence-electron chi connectivity index (χ1n) is 14.1. The molecule has 0 bridgehead atoms. The zero-order chi connectivity index (χ0) is 28.9. The first-order valence-corrected chi connectivity index (χ1v) is 14.5. The van der Waals surface area contributed by atoms with Gasteiger partial charge in [0.15, 0.2) is 11.5 Å². The number of amides is 1. The summed E-state index contributed by atoms with van der Waals surface area (Å²) in [7, 11) is 1.63. The fraction of sp³-hybridized carbons (Fsp3) is 0.294. The lowest BCUT2D eigenvalue weighted by molar-refractivity contribution is -0.118. The smallest absolute Gasteiger partial charge is 0.232 e. The molecule has 0 N–H and O–H groups in total. The number of hydrogen-bond donors (Lipinski definition) is 0. The Labute approximate surface area is 247 Å². The Bertz CT molecular complexity index is 1480. The van der Waals surface area contributed by atoms with Gasteiger partial charge < -0.3 is 19.3 Å². The molecule has 0 aliphatic carbocycles. The molecular weight excluding hydrogens is 534 g/mol. The highest BCUT2D eigenvalue weighted by molar-refractivity contribution is 6.30. The van der Waals surface area contributed by atoms with Gasteiger partial charge in [0.2, 0.25) is 5.91 Å². The van der Waals surface area contributed by atoms with E-state index in [1.165, 1.54) is 5.56 Å². The Morgan fingerprint density at radius 1 is 1.00 bits per heavy atom. The molecule has 41 heavy (non-hydrogen) atoms. The van der Waals surface area contributed by atoms with Crippen LogP contribution in [0.15, 0.2) is 85.2 Å². The molecule has 6 nitrogen and oxygen atoms in total. The molecule has 0 saturated carbocycles. The van der Waals surface area contributed by atoms with E-state index in [0.29, 0.717) is 16.5 Å². The van der Waals surface area contributed by atoms with Gasteiger partial charge in [-0.2, -0.15) is 0 Å². The van der Waals surface area contributed by atoms with Crippen LogP contribution in [0.3, 0.4) is 0 Å². The van der Waals surface area contributed by atoms with Crippen molar-refractivity contribution in [2.75, 3.05) is 23.5 Å². The van der Waals surface area contributed by atoms with E-state index in [4.69, 9.17) is 21.1 Å². The van der Waals surface area contributed by atoms with Crippen LogP contribution >= 0.6 is 11.6 Å². The lowest BCUT2D eigenvalue weighted by Gasteiger charge is -2.38. The van der Waals surface area contributed by atoms with Crippen LogP contribution in [-0.4, -0.2) is 30.6 Å². The number of aromatic nitrogens is 1. The highest BCUT2D eigenvalue weighted by Crippen LogP contribution is 2.44. The molecule has 5 rings (SSSR count). The molecular formula is C34H36ClN3O3. The number of fused-ring (bicyclic) bond motifs is 1. The number of anilines is 2. The quantitative estimate of drug-likeness (QED) is 0.196. The molecule has 2 atom stereocenters. The highest BCUT2D eigenvalue weighted by Gasteiger charge is 2.36. The molecule has 3 aromatic carbocycles. The number of carbonyl (C=O) groups excluding carboxylic acids is 1. The van der Waals surface area contributed by atoms with Gasteiger partial charge in [0.25, 0.3) is 0 Å². The van der Waals surface area contributed by atoms with Gasteiger partial charge in [0.1, 0.15) is 0 Å². The van der Waals surface area contributed by atoms with Crippen LogP contribution in [0, 0.1) is 0 Å². The fourth-order valence-electron chi connectivity index (χ4n) is 5.29. The van der Waals surface area contributed by atoms with Crippen LogP contribution < -0.4 is 19.3 Å². The third kappa shape index (κ3) is 6.18. The minimum atomic E-state index is -0.348. The van der Waals surface area contributed by atoms with E-state index in [0.717, 1.165) is 47.6 Å². The Balaban J connectivity index is 1.55. The number of halogens is 1. The number of ether oxygens (including phenoxy) is 2. The molecule has 1 aromatic heterocycles. The summed E-state index contributed by atoms with van der Waals surface area (Å²) < 4.78 is 11.9. The molecule has 0 radical (unpaired) electrons. The molecule has 0 saturated heterocycles. The van der Waals surface area contributed by atoms with E-state index in [2.05, 4.69) is 35.9 Å². The number of pyridine rings is 1. The Morgan fingerprint density at radius 2 is 1.71 bits per heavy atom. The Hall–Kier alpha value is -4.03. The molecule has 1 unspecified atom stereocenters. The van der Waals surface area contributed by atoms with Gasteiger partial charge in [0, 0.05) is 41.9 Å². The SMILES string of the molecule is CC[C@@H](C)Oc1cc2c(cc1OC)CC(=O)N(c1ccc(N(CC)Cc3ccncc3)cc1)C2c1ccc(Cl)cc1. The van der Waals surface area contributed by atoms with Gasteiger partial charge in [0.05, 0.1) is 25.7 Å². The summed E-state index contributed by atoms with van der Waals surface area (Å²) >= 11 is 6.26. The van der Waals surface area contributed by atoms with Crippen molar-refractivity contribution < 1.29 is 14.3 Å². The zero-order valence-corrected chi connectivity index (χ0v) is 24.8. The van der Waals surface area contributed by atoms with E-state index in [1.54, 1.807) is 7.11 Å². The lowest BCUT2D eigenvalue weighted by atomic mass is 9.86. The molecule has 212 valence electrons. The number of hydrogen-bond acceptors (Lipinski definition) is 5. The van der Waals surface area contributed by atoms with Crippen molar-refractivity contribution in [3.8, 4) is 11.5 Å². The summed E-state index contributed by atoms with van der Waals surface area (Å²) in [6, 6.07) is 23.7. The van der Waals surface area contributed by atoms with E-state index in [1.807, 2.05) is 84.9 Å².